The van der Waals surface area contributed by atoms with Crippen molar-refractivity contribution in [1.29, 1.82) is 0 Å². The molecule has 1 fully saturated rings. The first-order valence-corrected chi connectivity index (χ1v) is 9.35. The normalized spacial score (nSPS) is 21.7. The Hall–Kier alpha value is -1.40. The Kier molecular flexibility index (Phi) is 3.99. The number of fused-ring (bicyclic) bond motifs is 1. The molecule has 1 saturated heterocycles. The molecular weight excluding hydrogens is 300 g/mol. The molecule has 0 radical (unpaired) electrons. The predicted octanol–water partition coefficient (Wildman–Crippen LogP) is 1.61. The Bertz CT molecular complexity index is 697. The maximum atomic E-state index is 12.0. The number of anilines is 1. The fraction of sp³-hybridized carbons (Fsp3) is 0.562. The Balaban J connectivity index is 1.75. The molecular formula is C16H22N2O3S. The van der Waals surface area contributed by atoms with E-state index in [0.717, 1.165) is 30.6 Å². The van der Waals surface area contributed by atoms with E-state index >= 15 is 0 Å². The number of rotatable bonds is 4. The number of nitrogens with zero attached hydrogens (tertiary/aromatic N) is 1. The van der Waals surface area contributed by atoms with Gasteiger partial charge in [0, 0.05) is 24.7 Å². The molecule has 1 aliphatic heterocycles. The Labute approximate surface area is 131 Å². The minimum atomic E-state index is -3.25. The van der Waals surface area contributed by atoms with E-state index in [0.29, 0.717) is 12.8 Å². The van der Waals surface area contributed by atoms with Crippen LogP contribution in [0.15, 0.2) is 18.2 Å². The van der Waals surface area contributed by atoms with Gasteiger partial charge in [0.1, 0.15) is 0 Å². The molecule has 1 aromatic carbocycles. The quantitative estimate of drug-likeness (QED) is 0.916. The van der Waals surface area contributed by atoms with E-state index in [-0.39, 0.29) is 11.9 Å². The van der Waals surface area contributed by atoms with Crippen molar-refractivity contribution >= 4 is 21.6 Å². The minimum absolute atomic E-state index is 0.0769. The summed E-state index contributed by atoms with van der Waals surface area (Å²) in [6, 6.07) is 5.97. The molecule has 1 N–H and O–H groups in total. The van der Waals surface area contributed by atoms with Crippen LogP contribution in [-0.4, -0.2) is 32.2 Å². The van der Waals surface area contributed by atoms with E-state index in [1.807, 2.05) is 23.1 Å². The summed E-state index contributed by atoms with van der Waals surface area (Å²) in [5, 5.41) is -0.422. The van der Waals surface area contributed by atoms with E-state index in [1.165, 1.54) is 5.56 Å². The van der Waals surface area contributed by atoms with Gasteiger partial charge >= 0.3 is 0 Å². The van der Waals surface area contributed by atoms with Crippen LogP contribution in [0.4, 0.5) is 5.69 Å². The first kappa shape index (κ1) is 15.5. The first-order chi connectivity index (χ1) is 10.4. The van der Waals surface area contributed by atoms with Gasteiger partial charge in [-0.25, -0.2) is 13.1 Å². The van der Waals surface area contributed by atoms with Gasteiger partial charge in [0.25, 0.3) is 0 Å². The minimum Gasteiger partial charge on any atom is -0.312 e. The number of carbonyl (C=O) groups is 1. The summed E-state index contributed by atoms with van der Waals surface area (Å²) in [7, 11) is -3.25. The summed E-state index contributed by atoms with van der Waals surface area (Å²) >= 11 is 0. The molecule has 0 saturated carbocycles. The molecule has 0 aromatic heterocycles. The fourth-order valence-corrected chi connectivity index (χ4v) is 4.05. The van der Waals surface area contributed by atoms with Crippen LogP contribution in [0.5, 0.6) is 0 Å². The van der Waals surface area contributed by atoms with Crippen LogP contribution < -0.4 is 9.62 Å². The van der Waals surface area contributed by atoms with E-state index in [9.17, 15) is 13.2 Å². The SMILES string of the molecule is CC(C)S(=O)(=O)N[C@H]1Cc2ccc(N3CCCC3=O)cc2C1. The van der Waals surface area contributed by atoms with Gasteiger partial charge in [-0.3, -0.25) is 4.79 Å². The zero-order chi connectivity index (χ0) is 15.9. The van der Waals surface area contributed by atoms with Crippen molar-refractivity contribution in [3.63, 3.8) is 0 Å². The second-order valence-corrected chi connectivity index (χ2v) is 8.69. The van der Waals surface area contributed by atoms with Crippen LogP contribution in [0.1, 0.15) is 37.8 Å². The standard InChI is InChI=1S/C16H22N2O3S/c1-11(2)22(20,21)17-14-8-12-5-6-15(10-13(12)9-14)18-7-3-4-16(18)19/h5-6,10-11,14,17H,3-4,7-9H2,1-2H3/t14-/m0/s1. The summed E-state index contributed by atoms with van der Waals surface area (Å²) in [6.07, 6.45) is 2.94. The Morgan fingerprint density at radius 2 is 1.95 bits per heavy atom. The molecule has 22 heavy (non-hydrogen) atoms. The number of benzene rings is 1. The molecule has 0 spiro atoms. The maximum absolute atomic E-state index is 12.0. The van der Waals surface area contributed by atoms with Gasteiger partial charge < -0.3 is 4.90 Å². The third kappa shape index (κ3) is 2.90. The highest BCUT2D eigenvalue weighted by Gasteiger charge is 2.29. The second kappa shape index (κ2) is 5.66. The smallest absolute Gasteiger partial charge is 0.227 e. The number of carbonyl (C=O) groups excluding carboxylic acids is 1. The summed E-state index contributed by atoms with van der Waals surface area (Å²) in [6.45, 7) is 4.14. The molecule has 0 bridgehead atoms. The first-order valence-electron chi connectivity index (χ1n) is 7.80. The van der Waals surface area contributed by atoms with Crippen LogP contribution in [-0.2, 0) is 27.7 Å². The van der Waals surface area contributed by atoms with Gasteiger partial charge in [-0.15, -0.1) is 0 Å². The molecule has 1 aromatic rings. The summed E-state index contributed by atoms with van der Waals surface area (Å²) in [5.74, 6) is 0.176. The van der Waals surface area contributed by atoms with Crippen molar-refractivity contribution in [2.45, 2.75) is 50.8 Å². The fourth-order valence-electron chi connectivity index (χ4n) is 3.15. The highest BCUT2D eigenvalue weighted by molar-refractivity contribution is 7.90. The number of hydrogen-bond donors (Lipinski definition) is 1. The lowest BCUT2D eigenvalue weighted by molar-refractivity contribution is -0.117. The van der Waals surface area contributed by atoms with Gasteiger partial charge in [-0.2, -0.15) is 0 Å². The summed E-state index contributed by atoms with van der Waals surface area (Å²) in [4.78, 5) is 13.7. The monoisotopic (exact) mass is 322 g/mol. The average Bonchev–Trinajstić information content (AvgIpc) is 3.02. The van der Waals surface area contributed by atoms with Crippen molar-refractivity contribution in [3.05, 3.63) is 29.3 Å². The van der Waals surface area contributed by atoms with Crippen LogP contribution in [0.25, 0.3) is 0 Å². The zero-order valence-corrected chi connectivity index (χ0v) is 13.8. The number of sulfonamides is 1. The van der Waals surface area contributed by atoms with Crippen molar-refractivity contribution in [3.8, 4) is 0 Å². The van der Waals surface area contributed by atoms with Crippen molar-refractivity contribution in [1.82, 2.24) is 4.72 Å². The predicted molar refractivity (Wildman–Crippen MR) is 86.4 cm³/mol. The molecule has 1 heterocycles. The Morgan fingerprint density at radius 3 is 2.59 bits per heavy atom. The van der Waals surface area contributed by atoms with Crippen molar-refractivity contribution in [2.75, 3.05) is 11.4 Å². The molecule has 1 atom stereocenters. The number of nitrogens with one attached hydrogen (secondary N) is 1. The summed E-state index contributed by atoms with van der Waals surface area (Å²) < 4.78 is 26.8. The molecule has 120 valence electrons. The van der Waals surface area contributed by atoms with Gasteiger partial charge in [0.2, 0.25) is 15.9 Å². The lowest BCUT2D eigenvalue weighted by Gasteiger charge is -2.16. The van der Waals surface area contributed by atoms with Crippen LogP contribution in [0.3, 0.4) is 0 Å². The lowest BCUT2D eigenvalue weighted by Crippen LogP contribution is -2.39. The second-order valence-electron chi connectivity index (χ2n) is 6.42. The number of amides is 1. The van der Waals surface area contributed by atoms with Gasteiger partial charge in [-0.1, -0.05) is 6.07 Å². The van der Waals surface area contributed by atoms with Gasteiger partial charge in [0.05, 0.1) is 5.25 Å². The molecule has 5 nitrogen and oxygen atoms in total. The Morgan fingerprint density at radius 1 is 1.23 bits per heavy atom. The molecule has 1 aliphatic carbocycles. The maximum Gasteiger partial charge on any atom is 0.227 e. The third-order valence-electron chi connectivity index (χ3n) is 4.46. The average molecular weight is 322 g/mol. The van der Waals surface area contributed by atoms with Crippen molar-refractivity contribution in [2.24, 2.45) is 0 Å². The van der Waals surface area contributed by atoms with E-state index in [4.69, 9.17) is 0 Å². The third-order valence-corrected chi connectivity index (χ3v) is 6.36. The molecule has 0 unspecified atom stereocenters. The van der Waals surface area contributed by atoms with Crippen LogP contribution in [0, 0.1) is 0 Å². The van der Waals surface area contributed by atoms with Gasteiger partial charge in [-0.05, 0) is 56.4 Å². The van der Waals surface area contributed by atoms with E-state index in [1.54, 1.807) is 13.8 Å². The van der Waals surface area contributed by atoms with E-state index < -0.39 is 15.3 Å². The molecule has 3 rings (SSSR count). The molecule has 2 aliphatic rings. The van der Waals surface area contributed by atoms with Crippen LogP contribution >= 0.6 is 0 Å². The highest BCUT2D eigenvalue weighted by Crippen LogP contribution is 2.29. The lowest BCUT2D eigenvalue weighted by atomic mass is 10.1. The van der Waals surface area contributed by atoms with E-state index in [2.05, 4.69) is 4.72 Å². The summed E-state index contributed by atoms with van der Waals surface area (Å²) in [5.41, 5.74) is 3.26. The van der Waals surface area contributed by atoms with Gasteiger partial charge in [0.15, 0.2) is 0 Å². The van der Waals surface area contributed by atoms with Crippen molar-refractivity contribution < 1.29 is 13.2 Å². The topological polar surface area (TPSA) is 66.5 Å². The largest absolute Gasteiger partial charge is 0.312 e. The molecule has 1 amide bonds. The zero-order valence-electron chi connectivity index (χ0n) is 13.0. The van der Waals surface area contributed by atoms with Crippen LogP contribution in [0.2, 0.25) is 0 Å². The molecule has 6 heteroatoms. The number of hydrogen-bond acceptors (Lipinski definition) is 3. The highest BCUT2D eigenvalue weighted by atomic mass is 32.2.